The molecule has 15 aromatic rings. The molecule has 4 amide bonds. The maximum absolute atomic E-state index is 13.1. The molecule has 4 heterocycles. The summed E-state index contributed by atoms with van der Waals surface area (Å²) in [7, 11) is 6.53. The molecule has 24 heteroatoms. The van der Waals surface area contributed by atoms with Gasteiger partial charge in [-0.3, -0.25) is 38.8 Å². The summed E-state index contributed by atoms with van der Waals surface area (Å²) in [5, 5.41) is 18.9. The Morgan fingerprint density at radius 1 is 0.466 bits per heavy atom. The summed E-state index contributed by atoms with van der Waals surface area (Å²) in [5.74, 6) is 2.82. The Labute approximate surface area is 763 Å². The summed E-state index contributed by atoms with van der Waals surface area (Å²) in [6.45, 7) is 2.71. The van der Waals surface area contributed by atoms with E-state index in [4.69, 9.17) is 42.0 Å². The van der Waals surface area contributed by atoms with E-state index in [0.717, 1.165) is 112 Å². The second-order valence-electron chi connectivity index (χ2n) is 29.7. The molecule has 131 heavy (non-hydrogen) atoms. The minimum Gasteiger partial charge on any atom is -0.497 e. The summed E-state index contributed by atoms with van der Waals surface area (Å²) in [6, 6.07) is 117. The van der Waals surface area contributed by atoms with E-state index in [1.165, 1.54) is 6.92 Å². The Morgan fingerprint density at radius 2 is 0.878 bits per heavy atom. The standard InChI is InChI=1S/C23H19N3O3.C23H21N3O2.C23H20N2O2.C17H15N3O2.C13H11NO.C8H9ClO/c1-29-18-13-11-16(12-14-18)15-26-20-10-6-5-9-19(20)21(17-7-3-2-4-8-17)24-22(25-28)23(26)27;1-28-18-13-11-16(12-14-18)15-26-20-10-6-5-9-19(20)21(25-22(24)23(26)27)17-7-3-2-4-8-17;1-27-19-13-11-17(12-14-19)16-25-21-10-6-5-9-20(21)23(24-15-22(25)26)18-7-3-2-4-8-18;1-11(21)18-16-17(22)19-14-10-6-5-9-13(14)15(20-16)12-7-3-2-4-8-12;14-12-9-5-4-8-11(12)13(15)10-6-2-1-3-7-10;1-10-8-4-2-7(6-9)3-5-8/h2-14,28H,15H2,1H3;2-14,22H,15,24H2,1H3;2-14H,15-16H2,1H3;2-10,16H,1H3,(H,18,21)(H,19,22);1-9H,14H2;2-5H,6H2,1H3/b25-22+;;;;;. The molecule has 7 N–H and O–H groups in total. The molecule has 3 aliphatic rings. The van der Waals surface area contributed by atoms with E-state index in [1.54, 1.807) is 62.2 Å². The van der Waals surface area contributed by atoms with Crippen molar-refractivity contribution >= 4 is 91.8 Å². The number of nitrogen functional groups attached to an aromatic ring is 1. The van der Waals surface area contributed by atoms with Gasteiger partial charge in [-0.2, -0.15) is 0 Å². The number of rotatable bonds is 18. The average molecular weight is 1760 g/mol. The van der Waals surface area contributed by atoms with Crippen molar-refractivity contribution in [3.8, 4) is 34.3 Å². The van der Waals surface area contributed by atoms with Gasteiger partial charge in [0.1, 0.15) is 29.5 Å². The molecule has 1 aromatic heterocycles. The van der Waals surface area contributed by atoms with Crippen molar-refractivity contribution in [3.63, 3.8) is 0 Å². The number of hydrogen-bond donors (Lipinski definition) is 5. The van der Waals surface area contributed by atoms with Crippen molar-refractivity contribution in [3.05, 3.63) is 453 Å². The molecule has 0 saturated carbocycles. The summed E-state index contributed by atoms with van der Waals surface area (Å²) in [4.78, 5) is 96.3. The highest BCUT2D eigenvalue weighted by Crippen LogP contribution is 2.33. The van der Waals surface area contributed by atoms with E-state index in [-0.39, 0.29) is 41.4 Å². The van der Waals surface area contributed by atoms with Crippen molar-refractivity contribution in [2.45, 2.75) is 44.8 Å². The molecule has 2 atom stereocenters. The van der Waals surface area contributed by atoms with E-state index in [0.29, 0.717) is 64.9 Å². The van der Waals surface area contributed by atoms with Crippen LogP contribution in [0.15, 0.2) is 395 Å². The summed E-state index contributed by atoms with van der Waals surface area (Å²) in [5.41, 5.74) is 29.3. The number of methoxy groups -OCH3 is 4. The Morgan fingerprint density at radius 3 is 1.38 bits per heavy atom. The van der Waals surface area contributed by atoms with Crippen LogP contribution in [-0.2, 0) is 44.7 Å². The zero-order valence-corrected chi connectivity index (χ0v) is 73.3. The van der Waals surface area contributed by atoms with Gasteiger partial charge in [-0.25, -0.2) is 9.98 Å². The fourth-order valence-corrected chi connectivity index (χ4v) is 14.7. The zero-order chi connectivity index (χ0) is 92.0. The lowest BCUT2D eigenvalue weighted by Crippen LogP contribution is -2.41. The van der Waals surface area contributed by atoms with Gasteiger partial charge in [0, 0.05) is 73.9 Å². The van der Waals surface area contributed by atoms with Crippen LogP contribution in [0.1, 0.15) is 78.5 Å². The number of nitrogens with two attached hydrogens (primary N) is 2. The first kappa shape index (κ1) is 92.2. The third-order valence-corrected chi connectivity index (χ3v) is 21.4. The maximum atomic E-state index is 13.1. The molecule has 14 aromatic carbocycles. The molecule has 18 rings (SSSR count). The predicted octanol–water partition coefficient (Wildman–Crippen LogP) is 17.7. The third-order valence-electron chi connectivity index (χ3n) is 21.1. The van der Waals surface area contributed by atoms with Gasteiger partial charge in [0.05, 0.1) is 93.5 Å². The van der Waals surface area contributed by atoms with E-state index in [2.05, 4.69) is 35.8 Å². The number of ketones is 1. The largest absolute Gasteiger partial charge is 0.497 e. The molecule has 0 aliphatic carbocycles. The van der Waals surface area contributed by atoms with Crippen LogP contribution in [0, 0.1) is 0 Å². The molecule has 0 fully saturated rings. The van der Waals surface area contributed by atoms with Crippen LogP contribution in [0.3, 0.4) is 0 Å². The summed E-state index contributed by atoms with van der Waals surface area (Å²) in [6.07, 6.45) is -1.90. The molecule has 3 aliphatic heterocycles. The zero-order valence-electron chi connectivity index (χ0n) is 72.5. The van der Waals surface area contributed by atoms with Crippen molar-refractivity contribution in [2.75, 3.05) is 55.8 Å². The SMILES string of the molecule is CC(=O)NC1N=C(c2ccccc2)c2ccccc2NC1=O.COc1ccc(CCl)cc1.COc1ccc(CN2C(=O)C(N)N=C(c3ccccc3)c3ccccc32)cc1.COc1ccc(CN2C(=O)CN=C(c3ccccc3)c3ccccc32)cc1.COc1ccc(Cn2c(=O)/c(=N\O)nc(-c3ccccc3)c3ccccc32)cc1.Nc1ccccc1C(=O)c1ccccc1. The lowest BCUT2D eigenvalue weighted by molar-refractivity contribution is -0.125. The van der Waals surface area contributed by atoms with Crippen molar-refractivity contribution in [1.29, 1.82) is 0 Å². The normalized spacial score (nSPS) is 13.5. The van der Waals surface area contributed by atoms with Gasteiger partial charge in [-0.05, 0) is 107 Å². The second-order valence-corrected chi connectivity index (χ2v) is 30.0. The first-order valence-electron chi connectivity index (χ1n) is 41.8. The highest BCUT2D eigenvalue weighted by molar-refractivity contribution is 6.22. The number of ether oxygens (including phenoxy) is 4. The van der Waals surface area contributed by atoms with Crippen LogP contribution in [0.4, 0.5) is 22.7 Å². The van der Waals surface area contributed by atoms with Gasteiger partial charge in [-0.15, -0.1) is 11.6 Å². The number of hydrogen-bond acceptors (Lipinski definition) is 18. The maximum Gasteiger partial charge on any atom is 0.299 e. The number of nitrogens with one attached hydrogen (secondary N) is 2. The van der Waals surface area contributed by atoms with E-state index < -0.39 is 17.9 Å². The van der Waals surface area contributed by atoms with Crippen LogP contribution in [0.25, 0.3) is 22.2 Å². The number of halogens is 1. The smallest absolute Gasteiger partial charge is 0.299 e. The molecular weight excluding hydrogens is 1660 g/mol. The number of amides is 4. The van der Waals surface area contributed by atoms with Gasteiger partial charge in [0.25, 0.3) is 22.9 Å². The number of anilines is 4. The lowest BCUT2D eigenvalue weighted by atomic mass is 10.00. The fourth-order valence-electron chi connectivity index (χ4n) is 14.5. The Bertz CT molecular complexity index is 6680. The number of nitrogens with zero attached hydrogens (tertiary/aromatic N) is 8. The molecule has 0 bridgehead atoms. The molecular formula is C107H95ClN12O11. The van der Waals surface area contributed by atoms with Gasteiger partial charge in [-0.1, -0.05) is 290 Å². The van der Waals surface area contributed by atoms with Crippen LogP contribution in [0.2, 0.25) is 0 Å². The number of carbonyl (C=O) groups is 5. The third kappa shape index (κ3) is 23.8. The van der Waals surface area contributed by atoms with E-state index in [1.807, 2.05) is 351 Å². The number of aliphatic imine (C=N–C) groups is 3. The lowest BCUT2D eigenvalue weighted by Gasteiger charge is -2.24. The number of fused-ring (bicyclic) bond motifs is 4. The molecule has 0 radical (unpaired) electrons. The minimum absolute atomic E-state index is 0.0100. The molecule has 23 nitrogen and oxygen atoms in total. The van der Waals surface area contributed by atoms with Gasteiger partial charge in [0.2, 0.25) is 18.0 Å². The fraction of sp³-hybridized carbons (Fsp3) is 0.112. The number of aromatic nitrogens is 2. The van der Waals surface area contributed by atoms with E-state index in [9.17, 15) is 34.0 Å². The minimum atomic E-state index is -0.958. The summed E-state index contributed by atoms with van der Waals surface area (Å²) >= 11 is 5.58. The highest BCUT2D eigenvalue weighted by Gasteiger charge is 2.32. The quantitative estimate of drug-likeness (QED) is 0.0175. The van der Waals surface area contributed by atoms with Crippen LogP contribution < -0.4 is 61.9 Å². The second kappa shape index (κ2) is 45.6. The van der Waals surface area contributed by atoms with Crippen molar-refractivity contribution in [2.24, 2.45) is 25.9 Å². The van der Waals surface area contributed by atoms with E-state index >= 15 is 0 Å². The number of benzene rings is 14. The van der Waals surface area contributed by atoms with Crippen molar-refractivity contribution in [1.82, 2.24) is 14.9 Å². The number of para-hydroxylation sites is 5. The van der Waals surface area contributed by atoms with Gasteiger partial charge < -0.3 is 60.6 Å². The monoisotopic (exact) mass is 1760 g/mol. The number of alkyl halides is 1. The summed E-state index contributed by atoms with van der Waals surface area (Å²) < 4.78 is 22.2. The van der Waals surface area contributed by atoms with Gasteiger partial charge in [0.15, 0.2) is 11.9 Å². The van der Waals surface area contributed by atoms with Crippen LogP contribution >= 0.6 is 11.6 Å². The molecule has 656 valence electrons. The Balaban J connectivity index is 0.000000137. The molecule has 0 saturated heterocycles. The topological polar surface area (TPSA) is 309 Å². The van der Waals surface area contributed by atoms with Crippen molar-refractivity contribution < 1.29 is 48.1 Å². The first-order valence-corrected chi connectivity index (χ1v) is 42.4. The Kier molecular flexibility index (Phi) is 32.1. The average Bonchev–Trinajstić information content (AvgIpc) is 1.64. The first-order chi connectivity index (χ1) is 63.9. The number of carbonyl (C=O) groups excluding carboxylic acids is 5. The number of benzodiazepines with no additional fused rings is 3. The van der Waals surface area contributed by atoms with Crippen LogP contribution in [0.5, 0.6) is 23.0 Å². The predicted molar refractivity (Wildman–Crippen MR) is 517 cm³/mol. The Hall–Kier alpha value is -16.5. The highest BCUT2D eigenvalue weighted by atomic mass is 35.5. The van der Waals surface area contributed by atoms with Crippen LogP contribution in [-0.4, -0.2) is 109 Å². The molecule has 2 unspecified atom stereocenters. The van der Waals surface area contributed by atoms with Gasteiger partial charge >= 0.3 is 0 Å². The molecule has 0 spiro atoms.